The van der Waals surface area contributed by atoms with Crippen LogP contribution in [-0.4, -0.2) is 26.0 Å². The van der Waals surface area contributed by atoms with Crippen LogP contribution in [0.4, 0.5) is 4.39 Å². The molecule has 0 fully saturated rings. The monoisotopic (exact) mass is 280 g/mol. The lowest BCUT2D eigenvalue weighted by molar-refractivity contribution is 0.383. The molecule has 0 aliphatic rings. The molecule has 1 N–H and O–H groups in total. The van der Waals surface area contributed by atoms with Crippen LogP contribution < -0.4 is 0 Å². The van der Waals surface area contributed by atoms with Crippen molar-refractivity contribution < 1.29 is 8.91 Å². The molecular weight excluding hydrogens is 271 g/mol. The molecule has 5 nitrogen and oxygen atoms in total. The molecule has 0 unspecified atom stereocenters. The lowest BCUT2D eigenvalue weighted by Gasteiger charge is -1.98. The maximum atomic E-state index is 14.0. The Balaban J connectivity index is 2.19. The molecule has 0 atom stereocenters. The van der Waals surface area contributed by atoms with E-state index in [1.54, 1.807) is 13.0 Å². The predicted molar refractivity (Wildman–Crippen MR) is 68.5 cm³/mol. The number of aromatic amines is 1. The fourth-order valence-corrected chi connectivity index (χ4v) is 2.09. The third kappa shape index (κ3) is 2.08. The highest BCUT2D eigenvalue weighted by Gasteiger charge is 2.18. The summed E-state index contributed by atoms with van der Waals surface area (Å²) in [6, 6.07) is 2.99. The van der Waals surface area contributed by atoms with Gasteiger partial charge < -0.3 is 9.51 Å². The number of fused-ring (bicyclic) bond motifs is 1. The van der Waals surface area contributed by atoms with Gasteiger partial charge >= 0.3 is 0 Å². The first-order valence-electron chi connectivity index (χ1n) is 5.73. The van der Waals surface area contributed by atoms with Crippen LogP contribution in [0.15, 0.2) is 16.7 Å². The Morgan fingerprint density at radius 3 is 3.00 bits per heavy atom. The number of benzene rings is 1. The zero-order valence-corrected chi connectivity index (χ0v) is 10.8. The summed E-state index contributed by atoms with van der Waals surface area (Å²) in [6.07, 6.45) is 0.450. The summed E-state index contributed by atoms with van der Waals surface area (Å²) in [5.74, 6) is 1.21. The van der Waals surface area contributed by atoms with Crippen molar-refractivity contribution in [2.45, 2.75) is 13.3 Å². The smallest absolute Gasteiger partial charge is 0.228 e. The average molecular weight is 281 g/mol. The number of nitrogens with one attached hydrogen (secondary N) is 1. The van der Waals surface area contributed by atoms with Crippen LogP contribution in [0.2, 0.25) is 0 Å². The Hall–Kier alpha value is -1.95. The van der Waals surface area contributed by atoms with Crippen molar-refractivity contribution in [3.8, 4) is 11.4 Å². The normalized spacial score (nSPS) is 11.3. The van der Waals surface area contributed by atoms with Crippen LogP contribution >= 0.6 is 11.6 Å². The summed E-state index contributed by atoms with van der Waals surface area (Å²) in [5.41, 5.74) is 1.47. The summed E-state index contributed by atoms with van der Waals surface area (Å²) >= 11 is 5.60. The second-order valence-electron chi connectivity index (χ2n) is 4.09. The molecule has 0 amide bonds. The summed E-state index contributed by atoms with van der Waals surface area (Å²) in [6.45, 7) is 1.80. The van der Waals surface area contributed by atoms with Crippen LogP contribution in [-0.2, 0) is 6.42 Å². The quantitative estimate of drug-likeness (QED) is 0.749. The van der Waals surface area contributed by atoms with Crippen molar-refractivity contribution in [2.75, 3.05) is 5.88 Å². The Bertz CT molecular complexity index is 736. The minimum Gasteiger partial charge on any atom is -0.342 e. The maximum Gasteiger partial charge on any atom is 0.228 e. The molecule has 2 heterocycles. The van der Waals surface area contributed by atoms with Gasteiger partial charge in [0.1, 0.15) is 17.2 Å². The van der Waals surface area contributed by atoms with E-state index in [0.717, 1.165) is 5.52 Å². The molecule has 0 spiro atoms. The van der Waals surface area contributed by atoms with E-state index in [1.165, 1.54) is 6.07 Å². The molecule has 3 aromatic rings. The molecule has 3 rings (SSSR count). The van der Waals surface area contributed by atoms with Gasteiger partial charge in [-0.3, -0.25) is 0 Å². The van der Waals surface area contributed by atoms with Crippen molar-refractivity contribution in [3.63, 3.8) is 0 Å². The van der Waals surface area contributed by atoms with E-state index in [0.29, 0.717) is 29.5 Å². The molecule has 2 aromatic heterocycles. The van der Waals surface area contributed by atoms with E-state index in [4.69, 9.17) is 16.1 Å². The summed E-state index contributed by atoms with van der Waals surface area (Å²) in [4.78, 5) is 11.4. The average Bonchev–Trinajstić information content (AvgIpc) is 2.95. The minimum absolute atomic E-state index is 0.190. The van der Waals surface area contributed by atoms with Crippen molar-refractivity contribution in [1.29, 1.82) is 0 Å². The number of imidazole rings is 1. The molecular formula is C12H10ClFN4O. The number of hydrogen-bond donors (Lipinski definition) is 1. The topological polar surface area (TPSA) is 67.6 Å². The highest BCUT2D eigenvalue weighted by molar-refractivity contribution is 6.17. The van der Waals surface area contributed by atoms with E-state index in [-0.39, 0.29) is 11.4 Å². The van der Waals surface area contributed by atoms with Gasteiger partial charge in [-0.2, -0.15) is 4.98 Å². The molecule has 7 heteroatoms. The number of nitrogens with zero attached hydrogens (tertiary/aromatic N) is 3. The first kappa shape index (κ1) is 12.1. The maximum absolute atomic E-state index is 14.0. The van der Waals surface area contributed by atoms with E-state index < -0.39 is 5.82 Å². The Labute approximate surface area is 112 Å². The highest BCUT2D eigenvalue weighted by Crippen LogP contribution is 2.28. The van der Waals surface area contributed by atoms with Crippen LogP contribution in [0.1, 0.15) is 11.7 Å². The van der Waals surface area contributed by atoms with Crippen LogP contribution in [0.3, 0.4) is 0 Å². The molecule has 0 aliphatic carbocycles. The second kappa shape index (κ2) is 4.62. The molecule has 0 bridgehead atoms. The van der Waals surface area contributed by atoms with E-state index in [9.17, 15) is 4.39 Å². The van der Waals surface area contributed by atoms with Gasteiger partial charge in [0, 0.05) is 12.3 Å². The lowest BCUT2D eigenvalue weighted by Crippen LogP contribution is -1.90. The van der Waals surface area contributed by atoms with Crippen molar-refractivity contribution in [2.24, 2.45) is 0 Å². The third-order valence-corrected chi connectivity index (χ3v) is 2.91. The van der Waals surface area contributed by atoms with Gasteiger partial charge in [0.15, 0.2) is 0 Å². The zero-order valence-electron chi connectivity index (χ0n) is 10.1. The molecule has 0 saturated carbocycles. The second-order valence-corrected chi connectivity index (χ2v) is 4.47. The first-order valence-corrected chi connectivity index (χ1v) is 6.26. The zero-order chi connectivity index (χ0) is 13.4. The van der Waals surface area contributed by atoms with Crippen molar-refractivity contribution in [3.05, 3.63) is 29.7 Å². The number of aromatic nitrogens is 4. The van der Waals surface area contributed by atoms with Gasteiger partial charge in [0.2, 0.25) is 11.7 Å². The van der Waals surface area contributed by atoms with Crippen LogP contribution in [0.5, 0.6) is 0 Å². The summed E-state index contributed by atoms with van der Waals surface area (Å²) < 4.78 is 19.0. The Morgan fingerprint density at radius 2 is 2.21 bits per heavy atom. The highest BCUT2D eigenvalue weighted by atomic mass is 35.5. The van der Waals surface area contributed by atoms with Crippen molar-refractivity contribution in [1.82, 2.24) is 20.1 Å². The van der Waals surface area contributed by atoms with Crippen molar-refractivity contribution >= 4 is 22.6 Å². The number of alkyl halides is 1. The van der Waals surface area contributed by atoms with Gasteiger partial charge in [-0.05, 0) is 19.1 Å². The third-order valence-electron chi connectivity index (χ3n) is 2.72. The Morgan fingerprint density at radius 1 is 1.37 bits per heavy atom. The standard InChI is InChI=1S/C12H10ClFN4O/c1-6-15-8-3-2-7(14)10(11(8)16-6)12-17-9(4-5-13)19-18-12/h2-3H,4-5H2,1H3,(H,15,16). The van der Waals surface area contributed by atoms with Crippen LogP contribution in [0, 0.1) is 12.7 Å². The van der Waals surface area contributed by atoms with E-state index in [2.05, 4.69) is 20.1 Å². The number of rotatable bonds is 3. The van der Waals surface area contributed by atoms with Gasteiger partial charge in [-0.1, -0.05) is 5.16 Å². The minimum atomic E-state index is -0.433. The predicted octanol–water partition coefficient (Wildman–Crippen LogP) is 2.84. The van der Waals surface area contributed by atoms with Gasteiger partial charge in [0.05, 0.1) is 11.1 Å². The summed E-state index contributed by atoms with van der Waals surface area (Å²) in [5, 5.41) is 3.79. The van der Waals surface area contributed by atoms with E-state index >= 15 is 0 Å². The molecule has 1 aromatic carbocycles. The van der Waals surface area contributed by atoms with Gasteiger partial charge in [-0.25, -0.2) is 9.37 Å². The van der Waals surface area contributed by atoms with Crippen LogP contribution in [0.25, 0.3) is 22.4 Å². The largest absolute Gasteiger partial charge is 0.342 e. The first-order chi connectivity index (χ1) is 9.19. The summed E-state index contributed by atoms with van der Waals surface area (Å²) in [7, 11) is 0. The van der Waals surface area contributed by atoms with Gasteiger partial charge in [-0.15, -0.1) is 11.6 Å². The SMILES string of the molecule is Cc1nc2c(-c3noc(CCCl)n3)c(F)ccc2[nH]1. The number of H-pyrrole nitrogens is 1. The van der Waals surface area contributed by atoms with Gasteiger partial charge in [0.25, 0.3) is 0 Å². The number of hydrogen-bond acceptors (Lipinski definition) is 4. The number of aryl methyl sites for hydroxylation is 2. The fourth-order valence-electron chi connectivity index (χ4n) is 1.93. The lowest BCUT2D eigenvalue weighted by atomic mass is 10.1. The molecule has 19 heavy (non-hydrogen) atoms. The molecule has 0 radical (unpaired) electrons. The fraction of sp³-hybridized carbons (Fsp3) is 0.250. The molecule has 98 valence electrons. The number of halogens is 2. The Kier molecular flexibility index (Phi) is 2.94. The van der Waals surface area contributed by atoms with E-state index in [1.807, 2.05) is 0 Å². The molecule has 0 saturated heterocycles. The molecule has 0 aliphatic heterocycles.